The average molecular weight is 529 g/mol. The Balaban J connectivity index is 1.77. The van der Waals surface area contributed by atoms with E-state index in [-0.39, 0.29) is 18.6 Å². The Labute approximate surface area is 218 Å². The molecule has 0 fully saturated rings. The minimum atomic E-state index is -4.65. The smallest absolute Gasteiger partial charge is 0.416 e. The normalized spacial score (nSPS) is 12.6. The number of rotatable bonds is 10. The van der Waals surface area contributed by atoms with Gasteiger partial charge in [0.15, 0.2) is 0 Å². The molecule has 0 radical (unpaired) electrons. The van der Waals surface area contributed by atoms with Crippen molar-refractivity contribution in [1.29, 1.82) is 0 Å². The highest BCUT2D eigenvalue weighted by molar-refractivity contribution is 5.90. The quantitative estimate of drug-likeness (QED) is 0.380. The topological polar surface area (TPSA) is 93.7 Å². The van der Waals surface area contributed by atoms with E-state index in [0.717, 1.165) is 18.7 Å². The molecule has 0 aliphatic carbocycles. The van der Waals surface area contributed by atoms with Crippen molar-refractivity contribution >= 4 is 18.0 Å². The molecule has 200 valence electrons. The second-order valence-corrected chi connectivity index (χ2v) is 8.39. The molecule has 0 bridgehead atoms. The lowest BCUT2D eigenvalue weighted by atomic mass is 9.99. The molecule has 0 aliphatic rings. The summed E-state index contributed by atoms with van der Waals surface area (Å²) in [6, 6.07) is 19.8. The Morgan fingerprint density at radius 2 is 1.34 bits per heavy atom. The predicted molar refractivity (Wildman–Crippen MR) is 133 cm³/mol. The number of methoxy groups -OCH3 is 1. The van der Waals surface area contributed by atoms with E-state index in [1.54, 1.807) is 54.6 Å². The molecule has 0 saturated heterocycles. The third-order valence-electron chi connectivity index (χ3n) is 5.65. The van der Waals surface area contributed by atoms with Crippen LogP contribution in [0.1, 0.15) is 22.3 Å². The van der Waals surface area contributed by atoms with Crippen LogP contribution in [0.15, 0.2) is 84.9 Å². The minimum absolute atomic E-state index is 0.0363. The van der Waals surface area contributed by atoms with Crippen molar-refractivity contribution in [3.63, 3.8) is 0 Å². The van der Waals surface area contributed by atoms with Crippen molar-refractivity contribution in [3.8, 4) is 0 Å². The molecule has 0 unspecified atom stereocenters. The molecular formula is C28H27F3N2O5. The lowest BCUT2D eigenvalue weighted by molar-refractivity contribution is -0.146. The Morgan fingerprint density at radius 1 is 0.763 bits per heavy atom. The Kier molecular flexibility index (Phi) is 9.86. The highest BCUT2D eigenvalue weighted by Gasteiger charge is 2.35. The van der Waals surface area contributed by atoms with Crippen LogP contribution in [0.3, 0.4) is 0 Å². The largest absolute Gasteiger partial charge is 0.467 e. The molecule has 0 spiro atoms. The van der Waals surface area contributed by atoms with Gasteiger partial charge in [-0.15, -0.1) is 0 Å². The van der Waals surface area contributed by atoms with E-state index >= 15 is 0 Å². The third kappa shape index (κ3) is 8.36. The SMILES string of the molecule is COC(=O)[C@@H](Cc1ccccc1C(F)(F)F)NC(=O)[C@H](Cc1ccccc1)NC(=O)OCc1ccccc1. The minimum Gasteiger partial charge on any atom is -0.467 e. The Hall–Kier alpha value is -4.34. The van der Waals surface area contributed by atoms with Gasteiger partial charge < -0.3 is 20.1 Å². The summed E-state index contributed by atoms with van der Waals surface area (Å²) in [7, 11) is 1.07. The number of esters is 1. The van der Waals surface area contributed by atoms with Crippen LogP contribution in [0.2, 0.25) is 0 Å². The fraction of sp³-hybridized carbons (Fsp3) is 0.250. The zero-order chi connectivity index (χ0) is 27.5. The van der Waals surface area contributed by atoms with Crippen molar-refractivity contribution < 1.29 is 37.0 Å². The van der Waals surface area contributed by atoms with Crippen LogP contribution >= 0.6 is 0 Å². The molecule has 2 atom stereocenters. The van der Waals surface area contributed by atoms with E-state index in [1.807, 2.05) is 6.07 Å². The summed E-state index contributed by atoms with van der Waals surface area (Å²) in [5, 5.41) is 4.94. The molecule has 0 aliphatic heterocycles. The fourth-order valence-corrected chi connectivity index (χ4v) is 3.77. The molecule has 2 amide bonds. The summed E-state index contributed by atoms with van der Waals surface area (Å²) in [4.78, 5) is 38.2. The molecular weight excluding hydrogens is 501 g/mol. The molecule has 3 rings (SSSR count). The maximum Gasteiger partial charge on any atom is 0.416 e. The number of halogens is 3. The van der Waals surface area contributed by atoms with E-state index in [4.69, 9.17) is 9.47 Å². The van der Waals surface area contributed by atoms with Gasteiger partial charge in [0.1, 0.15) is 18.7 Å². The van der Waals surface area contributed by atoms with Gasteiger partial charge in [-0.25, -0.2) is 9.59 Å². The molecule has 2 N–H and O–H groups in total. The summed E-state index contributed by atoms with van der Waals surface area (Å²) in [6.45, 7) is -0.0363. The first-order valence-corrected chi connectivity index (χ1v) is 11.7. The van der Waals surface area contributed by atoms with Crippen molar-refractivity contribution in [2.24, 2.45) is 0 Å². The van der Waals surface area contributed by atoms with E-state index in [0.29, 0.717) is 5.56 Å². The van der Waals surface area contributed by atoms with Crippen molar-refractivity contribution in [1.82, 2.24) is 10.6 Å². The highest BCUT2D eigenvalue weighted by Crippen LogP contribution is 2.32. The number of alkyl carbamates (subject to hydrolysis) is 1. The number of carbonyl (C=O) groups excluding carboxylic acids is 3. The maximum absolute atomic E-state index is 13.5. The van der Waals surface area contributed by atoms with Gasteiger partial charge in [-0.05, 0) is 22.8 Å². The molecule has 0 saturated carbocycles. The van der Waals surface area contributed by atoms with Gasteiger partial charge in [0.25, 0.3) is 0 Å². The van der Waals surface area contributed by atoms with Gasteiger partial charge in [0.2, 0.25) is 5.91 Å². The van der Waals surface area contributed by atoms with Gasteiger partial charge in [0, 0.05) is 12.8 Å². The van der Waals surface area contributed by atoms with Crippen LogP contribution in [0.4, 0.5) is 18.0 Å². The molecule has 0 aromatic heterocycles. The molecule has 3 aromatic rings. The van der Waals surface area contributed by atoms with E-state index in [2.05, 4.69) is 10.6 Å². The Bertz CT molecular complexity index is 1220. The summed E-state index contributed by atoms with van der Waals surface area (Å²) < 4.78 is 50.4. The zero-order valence-electron chi connectivity index (χ0n) is 20.5. The van der Waals surface area contributed by atoms with Crippen LogP contribution in [0.25, 0.3) is 0 Å². The van der Waals surface area contributed by atoms with Crippen LogP contribution < -0.4 is 10.6 Å². The zero-order valence-corrected chi connectivity index (χ0v) is 20.5. The lowest BCUT2D eigenvalue weighted by Crippen LogP contribution is -2.53. The van der Waals surface area contributed by atoms with Crippen molar-refractivity contribution in [2.45, 2.75) is 37.7 Å². The lowest BCUT2D eigenvalue weighted by Gasteiger charge is -2.23. The van der Waals surface area contributed by atoms with Crippen LogP contribution in [-0.4, -0.2) is 37.2 Å². The standard InChI is InChI=1S/C28H27F3N2O5/c1-37-26(35)24(17-21-14-8-9-15-22(21)28(29,30)31)32-25(34)23(16-19-10-4-2-5-11-19)33-27(36)38-18-20-12-6-3-7-13-20/h2-15,23-24H,16-18H2,1H3,(H,32,34)(H,33,36)/t23-,24+/m0/s1. The number of carbonyl (C=O) groups is 3. The van der Waals surface area contributed by atoms with E-state index in [1.165, 1.54) is 18.2 Å². The molecule has 7 nitrogen and oxygen atoms in total. The number of benzene rings is 3. The monoisotopic (exact) mass is 528 g/mol. The van der Waals surface area contributed by atoms with Gasteiger partial charge >= 0.3 is 18.2 Å². The summed E-state index contributed by atoms with van der Waals surface area (Å²) in [5.41, 5.74) is 0.325. The number of hydrogen-bond donors (Lipinski definition) is 2. The second-order valence-electron chi connectivity index (χ2n) is 8.39. The van der Waals surface area contributed by atoms with Gasteiger partial charge in [0.05, 0.1) is 12.7 Å². The summed E-state index contributed by atoms with van der Waals surface area (Å²) >= 11 is 0. The molecule has 0 heterocycles. The van der Waals surface area contributed by atoms with Crippen LogP contribution in [0, 0.1) is 0 Å². The maximum atomic E-state index is 13.5. The average Bonchev–Trinajstić information content (AvgIpc) is 2.91. The first-order valence-electron chi connectivity index (χ1n) is 11.7. The number of alkyl halides is 3. The molecule has 38 heavy (non-hydrogen) atoms. The number of hydrogen-bond acceptors (Lipinski definition) is 5. The van der Waals surface area contributed by atoms with E-state index < -0.39 is 48.2 Å². The summed E-state index contributed by atoms with van der Waals surface area (Å²) in [5.74, 6) is -1.72. The van der Waals surface area contributed by atoms with Gasteiger partial charge in [-0.1, -0.05) is 78.9 Å². The number of nitrogens with one attached hydrogen (secondary N) is 2. The predicted octanol–water partition coefficient (Wildman–Crippen LogP) is 4.44. The second kappa shape index (κ2) is 13.3. The fourth-order valence-electron chi connectivity index (χ4n) is 3.77. The number of amides is 2. The molecule has 3 aromatic carbocycles. The third-order valence-corrected chi connectivity index (χ3v) is 5.65. The Morgan fingerprint density at radius 3 is 1.95 bits per heavy atom. The van der Waals surface area contributed by atoms with Gasteiger partial charge in [-0.2, -0.15) is 13.2 Å². The van der Waals surface area contributed by atoms with Crippen molar-refractivity contribution in [3.05, 3.63) is 107 Å². The van der Waals surface area contributed by atoms with Crippen molar-refractivity contribution in [2.75, 3.05) is 7.11 Å². The highest BCUT2D eigenvalue weighted by atomic mass is 19.4. The summed E-state index contributed by atoms with van der Waals surface area (Å²) in [6.07, 6.45) is -5.95. The first kappa shape index (κ1) is 28.2. The van der Waals surface area contributed by atoms with Gasteiger partial charge in [-0.3, -0.25) is 4.79 Å². The first-order chi connectivity index (χ1) is 18.2. The molecule has 10 heteroatoms. The van der Waals surface area contributed by atoms with E-state index in [9.17, 15) is 27.6 Å². The number of ether oxygens (including phenoxy) is 2. The van der Waals surface area contributed by atoms with Crippen LogP contribution in [-0.2, 0) is 44.7 Å². The van der Waals surface area contributed by atoms with Crippen LogP contribution in [0.5, 0.6) is 0 Å².